The number of carbonyl (C=O) groups excluding carboxylic acids is 1. The van der Waals surface area contributed by atoms with Gasteiger partial charge >= 0.3 is 0 Å². The number of rotatable bonds is 7. The lowest BCUT2D eigenvalue weighted by atomic mass is 10.1. The maximum atomic E-state index is 12.5. The smallest absolute Gasteiger partial charge is 0.293 e. The van der Waals surface area contributed by atoms with Crippen molar-refractivity contribution >= 4 is 23.1 Å². The Balaban J connectivity index is 1.81. The second kappa shape index (κ2) is 8.22. The standard InChI is InChI=1S/C15H15N9O5/c1-8(9-3-5-10(6-4-9)24(26)27)17-19-15(25)12-11(7-28-2)23(22-18-12)14-13(16)20-29-21-14/h3-6H,7H2,1-2H3,(H2,16,20)(H,19,25). The van der Waals surface area contributed by atoms with Crippen LogP contribution in [0.25, 0.3) is 5.82 Å². The van der Waals surface area contributed by atoms with Crippen LogP contribution in [0, 0.1) is 10.1 Å². The van der Waals surface area contributed by atoms with E-state index >= 15 is 0 Å². The Labute approximate surface area is 162 Å². The maximum Gasteiger partial charge on any atom is 0.293 e. The molecule has 150 valence electrons. The van der Waals surface area contributed by atoms with Crippen LogP contribution in [0.15, 0.2) is 34.0 Å². The van der Waals surface area contributed by atoms with Crippen molar-refractivity contribution in [3.8, 4) is 5.82 Å². The van der Waals surface area contributed by atoms with E-state index < -0.39 is 10.8 Å². The molecule has 1 aromatic carbocycles. The van der Waals surface area contributed by atoms with Gasteiger partial charge in [-0.05, 0) is 34.9 Å². The van der Waals surface area contributed by atoms with Gasteiger partial charge in [-0.1, -0.05) is 5.21 Å². The number of nitro benzene ring substituents is 1. The van der Waals surface area contributed by atoms with Gasteiger partial charge in [-0.15, -0.1) is 5.10 Å². The van der Waals surface area contributed by atoms with Crippen LogP contribution in [0.2, 0.25) is 0 Å². The van der Waals surface area contributed by atoms with Gasteiger partial charge in [-0.3, -0.25) is 14.9 Å². The number of hydrogen-bond donors (Lipinski definition) is 2. The minimum atomic E-state index is -0.653. The molecule has 0 aliphatic rings. The first-order valence-electron chi connectivity index (χ1n) is 8.03. The van der Waals surface area contributed by atoms with Crippen molar-refractivity contribution in [2.24, 2.45) is 5.10 Å². The maximum absolute atomic E-state index is 12.5. The number of nitrogens with two attached hydrogens (primary N) is 1. The monoisotopic (exact) mass is 401 g/mol. The summed E-state index contributed by atoms with van der Waals surface area (Å²) in [6, 6.07) is 5.73. The Morgan fingerprint density at radius 3 is 2.69 bits per heavy atom. The van der Waals surface area contributed by atoms with Gasteiger partial charge in [0, 0.05) is 19.2 Å². The molecule has 0 bridgehead atoms. The minimum Gasteiger partial charge on any atom is -0.378 e. The number of aromatic nitrogens is 5. The number of hydrazone groups is 1. The van der Waals surface area contributed by atoms with Gasteiger partial charge in [0.2, 0.25) is 11.6 Å². The molecule has 1 amide bonds. The first-order chi connectivity index (χ1) is 13.9. The minimum absolute atomic E-state index is 0.0207. The Morgan fingerprint density at radius 2 is 2.10 bits per heavy atom. The Hall–Kier alpha value is -4.20. The zero-order valence-electron chi connectivity index (χ0n) is 15.3. The number of amides is 1. The number of nitrogens with one attached hydrogen (secondary N) is 1. The molecule has 0 unspecified atom stereocenters. The number of methoxy groups -OCH3 is 1. The molecular formula is C15H15N9O5. The molecule has 0 fully saturated rings. The van der Waals surface area contributed by atoms with E-state index in [-0.39, 0.29) is 35.3 Å². The molecule has 0 aliphatic heterocycles. The van der Waals surface area contributed by atoms with E-state index in [9.17, 15) is 14.9 Å². The molecule has 3 rings (SSSR count). The number of ether oxygens (including phenoxy) is 1. The fourth-order valence-electron chi connectivity index (χ4n) is 2.33. The van der Waals surface area contributed by atoms with Gasteiger partial charge in [-0.2, -0.15) is 9.78 Å². The van der Waals surface area contributed by atoms with E-state index in [0.717, 1.165) is 0 Å². The Bertz CT molecular complexity index is 1070. The van der Waals surface area contributed by atoms with Crippen LogP contribution in [-0.4, -0.2) is 49.0 Å². The number of nitrogens with zero attached hydrogens (tertiary/aromatic N) is 7. The molecule has 3 N–H and O–H groups in total. The molecule has 0 saturated carbocycles. The highest BCUT2D eigenvalue weighted by Gasteiger charge is 2.23. The molecular weight excluding hydrogens is 386 g/mol. The summed E-state index contributed by atoms with van der Waals surface area (Å²) in [5.41, 5.74) is 9.19. The Morgan fingerprint density at radius 1 is 1.38 bits per heavy atom. The highest BCUT2D eigenvalue weighted by atomic mass is 16.6. The van der Waals surface area contributed by atoms with Crippen LogP contribution >= 0.6 is 0 Å². The number of benzene rings is 1. The van der Waals surface area contributed by atoms with Crippen LogP contribution in [0.1, 0.15) is 28.7 Å². The second-order valence-corrected chi connectivity index (χ2v) is 5.64. The van der Waals surface area contributed by atoms with Crippen molar-refractivity contribution in [3.63, 3.8) is 0 Å². The zero-order valence-corrected chi connectivity index (χ0v) is 15.3. The van der Waals surface area contributed by atoms with Gasteiger partial charge in [0.25, 0.3) is 11.6 Å². The SMILES string of the molecule is COCc1c(C(=O)NN=C(C)c2ccc([N+](=O)[O-])cc2)nnn1-c1nonc1N. The number of carbonyl (C=O) groups is 1. The number of non-ortho nitro benzene ring substituents is 1. The normalized spacial score (nSPS) is 11.4. The van der Waals surface area contributed by atoms with E-state index in [1.807, 2.05) is 0 Å². The Kier molecular flexibility index (Phi) is 5.54. The van der Waals surface area contributed by atoms with Gasteiger partial charge in [0.15, 0.2) is 5.69 Å². The summed E-state index contributed by atoms with van der Waals surface area (Å²) in [4.78, 5) is 22.7. The lowest BCUT2D eigenvalue weighted by Gasteiger charge is -2.05. The molecule has 2 heterocycles. The molecule has 0 atom stereocenters. The first kappa shape index (κ1) is 19.6. The summed E-state index contributed by atoms with van der Waals surface area (Å²) in [6.07, 6.45) is 0. The topological polar surface area (TPSA) is 189 Å². The van der Waals surface area contributed by atoms with Gasteiger partial charge in [0.05, 0.1) is 17.2 Å². The number of nitro groups is 1. The molecule has 14 nitrogen and oxygen atoms in total. The fourth-order valence-corrected chi connectivity index (χ4v) is 2.33. The second-order valence-electron chi connectivity index (χ2n) is 5.64. The van der Waals surface area contributed by atoms with Gasteiger partial charge in [-0.25, -0.2) is 10.1 Å². The summed E-state index contributed by atoms with van der Waals surface area (Å²) in [7, 11) is 1.43. The molecule has 0 saturated heterocycles. The summed E-state index contributed by atoms with van der Waals surface area (Å²) >= 11 is 0. The van der Waals surface area contributed by atoms with Crippen molar-refractivity contribution in [3.05, 3.63) is 51.3 Å². The predicted octanol–water partition coefficient (Wildman–Crippen LogP) is 0.441. The van der Waals surface area contributed by atoms with E-state index in [1.165, 1.54) is 36.1 Å². The van der Waals surface area contributed by atoms with Crippen molar-refractivity contribution in [1.82, 2.24) is 30.7 Å². The lowest BCUT2D eigenvalue weighted by molar-refractivity contribution is -0.384. The van der Waals surface area contributed by atoms with Crippen molar-refractivity contribution in [2.45, 2.75) is 13.5 Å². The predicted molar refractivity (Wildman–Crippen MR) is 97.1 cm³/mol. The average molecular weight is 401 g/mol. The van der Waals surface area contributed by atoms with Crippen LogP contribution < -0.4 is 11.2 Å². The van der Waals surface area contributed by atoms with Crippen molar-refractivity contribution in [1.29, 1.82) is 0 Å². The molecule has 3 aromatic rings. The van der Waals surface area contributed by atoms with Crippen LogP contribution in [-0.2, 0) is 11.3 Å². The average Bonchev–Trinajstić information content (AvgIpc) is 3.32. The molecule has 29 heavy (non-hydrogen) atoms. The van der Waals surface area contributed by atoms with E-state index in [1.54, 1.807) is 6.92 Å². The quantitative estimate of drug-likeness (QED) is 0.319. The molecule has 2 aromatic heterocycles. The summed E-state index contributed by atoms with van der Waals surface area (Å²) in [5, 5.41) is 29.5. The van der Waals surface area contributed by atoms with Crippen LogP contribution in [0.3, 0.4) is 0 Å². The summed E-state index contributed by atoms with van der Waals surface area (Å²) in [6.45, 7) is 1.61. The van der Waals surface area contributed by atoms with E-state index in [2.05, 4.69) is 35.8 Å². The number of anilines is 1. The molecule has 0 aliphatic carbocycles. The van der Waals surface area contributed by atoms with Crippen molar-refractivity contribution < 1.29 is 19.1 Å². The zero-order chi connectivity index (χ0) is 21.0. The fraction of sp³-hybridized carbons (Fsp3) is 0.200. The third-order valence-corrected chi connectivity index (χ3v) is 3.78. The van der Waals surface area contributed by atoms with E-state index in [0.29, 0.717) is 11.3 Å². The number of nitrogen functional groups attached to an aromatic ring is 1. The third kappa shape index (κ3) is 4.06. The van der Waals surface area contributed by atoms with Crippen LogP contribution in [0.5, 0.6) is 0 Å². The lowest BCUT2D eigenvalue weighted by Crippen LogP contribution is -2.22. The summed E-state index contributed by atoms with van der Waals surface area (Å²) < 4.78 is 10.8. The first-order valence-corrected chi connectivity index (χ1v) is 8.03. The third-order valence-electron chi connectivity index (χ3n) is 3.78. The van der Waals surface area contributed by atoms with E-state index in [4.69, 9.17) is 10.5 Å². The molecule has 0 spiro atoms. The van der Waals surface area contributed by atoms with Gasteiger partial charge in [0.1, 0.15) is 5.69 Å². The highest BCUT2D eigenvalue weighted by Crippen LogP contribution is 2.16. The molecule has 14 heteroatoms. The number of hydrogen-bond acceptors (Lipinski definition) is 11. The highest BCUT2D eigenvalue weighted by molar-refractivity contribution is 6.00. The van der Waals surface area contributed by atoms with Crippen molar-refractivity contribution in [2.75, 3.05) is 12.8 Å². The summed E-state index contributed by atoms with van der Waals surface area (Å²) in [5.74, 6) is -0.625. The van der Waals surface area contributed by atoms with Gasteiger partial charge < -0.3 is 10.5 Å². The largest absolute Gasteiger partial charge is 0.378 e. The molecule has 0 radical (unpaired) electrons. The van der Waals surface area contributed by atoms with Crippen LogP contribution in [0.4, 0.5) is 11.5 Å².